The van der Waals surface area contributed by atoms with Gasteiger partial charge < -0.3 is 9.84 Å². The van der Waals surface area contributed by atoms with Crippen molar-refractivity contribution in [3.63, 3.8) is 0 Å². The van der Waals surface area contributed by atoms with E-state index in [0.717, 1.165) is 25.7 Å². The Morgan fingerprint density at radius 1 is 0.333 bits per heavy atom. The summed E-state index contributed by atoms with van der Waals surface area (Å²) in [5, 5.41) is 8.52. The highest BCUT2D eigenvalue weighted by Crippen LogP contribution is 2.15. The van der Waals surface area contributed by atoms with Crippen LogP contribution in [0.3, 0.4) is 0 Å². The Morgan fingerprint density at radius 3 is 0.833 bits per heavy atom. The first-order valence-electron chi connectivity index (χ1n) is 22.0. The third-order valence-electron chi connectivity index (χ3n) is 9.74. The highest BCUT2D eigenvalue weighted by molar-refractivity contribution is 5.69. The van der Waals surface area contributed by atoms with Gasteiger partial charge in [0.1, 0.15) is 0 Å². The van der Waals surface area contributed by atoms with Crippen LogP contribution in [0.4, 0.5) is 0 Å². The van der Waals surface area contributed by atoms with Crippen molar-refractivity contribution in [1.82, 2.24) is 0 Å². The van der Waals surface area contributed by atoms with Crippen molar-refractivity contribution >= 4 is 11.9 Å². The van der Waals surface area contributed by atoms with Gasteiger partial charge in [0.15, 0.2) is 0 Å². The summed E-state index contributed by atoms with van der Waals surface area (Å²) in [6, 6.07) is 0. The number of carbonyl (C=O) groups excluding carboxylic acids is 1. The summed E-state index contributed by atoms with van der Waals surface area (Å²) in [4.78, 5) is 22.0. The van der Waals surface area contributed by atoms with E-state index in [1.165, 1.54) is 205 Å². The van der Waals surface area contributed by atoms with E-state index in [2.05, 4.69) is 20.8 Å². The number of ether oxygens (including phenoxy) is 1. The molecule has 288 valence electrons. The predicted octanol–water partition coefficient (Wildman–Crippen LogP) is 15.5. The Kier molecular flexibility index (Phi) is 46.9. The molecule has 1 N–H and O–H groups in total. The van der Waals surface area contributed by atoms with E-state index in [9.17, 15) is 9.59 Å². The molecular formula is C44H88O4. The molecule has 4 heteroatoms. The number of carboxylic acids is 1. The van der Waals surface area contributed by atoms with E-state index in [-0.39, 0.29) is 5.97 Å². The first-order chi connectivity index (χ1) is 23.6. The van der Waals surface area contributed by atoms with Crippen LogP contribution < -0.4 is 0 Å². The van der Waals surface area contributed by atoms with Gasteiger partial charge in [-0.15, -0.1) is 0 Å². The summed E-state index contributed by atoms with van der Waals surface area (Å²) in [6.45, 7) is 7.42. The first kappa shape index (κ1) is 49.1. The van der Waals surface area contributed by atoms with Gasteiger partial charge in [0.2, 0.25) is 0 Å². The second-order valence-corrected chi connectivity index (χ2v) is 14.8. The Labute approximate surface area is 302 Å². The van der Waals surface area contributed by atoms with Gasteiger partial charge in [-0.2, -0.15) is 0 Å². The number of carboxylic acid groups (broad SMARTS) is 1. The molecule has 4 nitrogen and oxygen atoms in total. The van der Waals surface area contributed by atoms with Gasteiger partial charge in [-0.25, -0.2) is 0 Å². The topological polar surface area (TPSA) is 63.6 Å². The highest BCUT2D eigenvalue weighted by Gasteiger charge is 2.03. The van der Waals surface area contributed by atoms with E-state index in [1.807, 2.05) is 0 Å². The fourth-order valence-electron chi connectivity index (χ4n) is 6.43. The molecule has 0 aliphatic heterocycles. The van der Waals surface area contributed by atoms with Crippen LogP contribution in [0, 0.1) is 0 Å². The van der Waals surface area contributed by atoms with Gasteiger partial charge in [-0.3, -0.25) is 9.59 Å². The van der Waals surface area contributed by atoms with Crippen LogP contribution in [0.15, 0.2) is 0 Å². The van der Waals surface area contributed by atoms with Crippen LogP contribution in [0.5, 0.6) is 0 Å². The molecular weight excluding hydrogens is 592 g/mol. The minimum atomic E-state index is -0.653. The molecule has 0 spiro atoms. The van der Waals surface area contributed by atoms with Crippen LogP contribution in [0.2, 0.25) is 0 Å². The van der Waals surface area contributed by atoms with Gasteiger partial charge in [-0.05, 0) is 19.3 Å². The van der Waals surface area contributed by atoms with E-state index in [4.69, 9.17) is 9.84 Å². The van der Waals surface area contributed by atoms with Crippen molar-refractivity contribution in [3.05, 3.63) is 0 Å². The molecule has 0 atom stereocenters. The van der Waals surface area contributed by atoms with E-state index in [0.29, 0.717) is 19.4 Å². The summed E-state index contributed by atoms with van der Waals surface area (Å²) >= 11 is 0. The van der Waals surface area contributed by atoms with Gasteiger partial charge in [0, 0.05) is 12.8 Å². The molecule has 48 heavy (non-hydrogen) atoms. The molecule has 0 bridgehead atoms. The minimum absolute atomic E-state index is 0.0169. The van der Waals surface area contributed by atoms with Crippen molar-refractivity contribution in [2.45, 2.75) is 265 Å². The third-order valence-corrected chi connectivity index (χ3v) is 9.74. The fraction of sp³-hybridized carbons (Fsp3) is 0.955. The van der Waals surface area contributed by atoms with Crippen LogP contribution in [0.1, 0.15) is 265 Å². The van der Waals surface area contributed by atoms with Crippen molar-refractivity contribution in [2.75, 3.05) is 6.61 Å². The molecule has 0 amide bonds. The second kappa shape index (κ2) is 45.9. The average molecular weight is 681 g/mol. The summed E-state index contributed by atoms with van der Waals surface area (Å²) in [5.74, 6) is -0.636. The first-order valence-corrected chi connectivity index (χ1v) is 22.0. The van der Waals surface area contributed by atoms with Gasteiger partial charge in [0.25, 0.3) is 0 Å². The maximum Gasteiger partial charge on any atom is 0.305 e. The number of aliphatic carboxylic acids is 1. The molecule has 0 rings (SSSR count). The molecule has 0 aromatic heterocycles. The molecule has 0 aromatic carbocycles. The normalized spacial score (nSPS) is 11.0. The number of rotatable bonds is 39. The molecule has 0 unspecified atom stereocenters. The fourth-order valence-corrected chi connectivity index (χ4v) is 6.43. The summed E-state index contributed by atoms with van der Waals surface area (Å²) in [7, 11) is 0. The monoisotopic (exact) mass is 681 g/mol. The standard InChI is InChI=1S/C26H52O2.C18H36O2/c1-3-5-7-9-11-12-13-14-15-16-17-18-19-20-22-24-26(27)28-25-23-21-10-8-6-4-2;1-2-3-4-5-6-7-8-9-10-11-12-13-14-15-16-17-18(19)20/h3-25H2,1-2H3;2-17H2,1H3,(H,19,20). The molecule has 0 saturated heterocycles. The van der Waals surface area contributed by atoms with Crippen molar-refractivity contribution in [2.24, 2.45) is 0 Å². The second-order valence-electron chi connectivity index (χ2n) is 14.8. The largest absolute Gasteiger partial charge is 0.481 e. The SMILES string of the molecule is CCCCCCCCCCCCCCCCCC(=O)O.CCCCCCCCCCCCCCCCCC(=O)OCCCCCCCC. The lowest BCUT2D eigenvalue weighted by Crippen LogP contribution is -2.05. The average Bonchev–Trinajstić information content (AvgIpc) is 3.08. The molecule has 0 fully saturated rings. The van der Waals surface area contributed by atoms with Crippen LogP contribution >= 0.6 is 0 Å². The number of hydrogen-bond donors (Lipinski definition) is 1. The molecule has 0 aromatic rings. The lowest BCUT2D eigenvalue weighted by atomic mass is 10.0. The maximum atomic E-state index is 11.7. The predicted molar refractivity (Wildman–Crippen MR) is 211 cm³/mol. The molecule has 0 saturated carbocycles. The number of unbranched alkanes of at least 4 members (excludes halogenated alkanes) is 33. The Bertz CT molecular complexity index is 605. The molecule has 0 aliphatic carbocycles. The van der Waals surface area contributed by atoms with E-state index < -0.39 is 5.97 Å². The zero-order valence-electron chi connectivity index (χ0n) is 33.2. The summed E-state index contributed by atoms with van der Waals surface area (Å²) < 4.78 is 5.33. The van der Waals surface area contributed by atoms with Gasteiger partial charge >= 0.3 is 11.9 Å². The quantitative estimate of drug-likeness (QED) is 0.0518. The Hall–Kier alpha value is -1.06. The molecule has 0 radical (unpaired) electrons. The van der Waals surface area contributed by atoms with E-state index in [1.54, 1.807) is 0 Å². The van der Waals surface area contributed by atoms with Gasteiger partial charge in [0.05, 0.1) is 6.61 Å². The zero-order valence-corrected chi connectivity index (χ0v) is 33.2. The molecule has 0 aliphatic rings. The minimum Gasteiger partial charge on any atom is -0.481 e. The van der Waals surface area contributed by atoms with Crippen LogP contribution in [-0.2, 0) is 14.3 Å². The Balaban J connectivity index is 0. The maximum absolute atomic E-state index is 11.7. The third kappa shape index (κ3) is 49.3. The number of esters is 1. The van der Waals surface area contributed by atoms with Crippen molar-refractivity contribution in [1.29, 1.82) is 0 Å². The number of carbonyl (C=O) groups is 2. The lowest BCUT2D eigenvalue weighted by molar-refractivity contribution is -0.144. The molecule has 0 heterocycles. The zero-order chi connectivity index (χ0) is 35.4. The van der Waals surface area contributed by atoms with Crippen LogP contribution in [-0.4, -0.2) is 23.7 Å². The van der Waals surface area contributed by atoms with Crippen molar-refractivity contribution < 1.29 is 19.4 Å². The summed E-state index contributed by atoms with van der Waals surface area (Å²) in [6.07, 6.45) is 48.7. The lowest BCUT2D eigenvalue weighted by Gasteiger charge is -2.05. The Morgan fingerprint density at radius 2 is 0.562 bits per heavy atom. The highest BCUT2D eigenvalue weighted by atomic mass is 16.5. The van der Waals surface area contributed by atoms with E-state index >= 15 is 0 Å². The van der Waals surface area contributed by atoms with Crippen molar-refractivity contribution in [3.8, 4) is 0 Å². The number of hydrogen-bond acceptors (Lipinski definition) is 3. The summed E-state index contributed by atoms with van der Waals surface area (Å²) in [5.41, 5.74) is 0. The van der Waals surface area contributed by atoms with Crippen LogP contribution in [0.25, 0.3) is 0 Å². The van der Waals surface area contributed by atoms with Gasteiger partial charge in [-0.1, -0.05) is 233 Å². The smallest absolute Gasteiger partial charge is 0.305 e.